The molecule has 6 nitrogen and oxygen atoms in total. The number of nitrogens with zero attached hydrogens (tertiary/aromatic N) is 1. The van der Waals surface area contributed by atoms with Gasteiger partial charge in [0.1, 0.15) is 6.10 Å². The van der Waals surface area contributed by atoms with E-state index >= 15 is 0 Å². The van der Waals surface area contributed by atoms with Gasteiger partial charge in [0, 0.05) is 5.39 Å². The summed E-state index contributed by atoms with van der Waals surface area (Å²) in [5.74, 6) is -0.531. The number of carbonyl (C=O) groups is 1. The lowest BCUT2D eigenvalue weighted by atomic mass is 10.0. The molecule has 1 aromatic carbocycles. The second-order valence-electron chi connectivity index (χ2n) is 4.24. The Morgan fingerprint density at radius 2 is 2.26 bits per heavy atom. The maximum Gasteiger partial charge on any atom is 0.308 e. The van der Waals surface area contributed by atoms with E-state index in [-0.39, 0.29) is 13.0 Å². The molecule has 2 atom stereocenters. The molecule has 0 radical (unpaired) electrons. The first-order chi connectivity index (χ1) is 9.11. The van der Waals surface area contributed by atoms with Crippen LogP contribution >= 0.6 is 0 Å². The Morgan fingerprint density at radius 1 is 1.47 bits per heavy atom. The number of aliphatic hydroxyl groups excluding tert-OH is 2. The van der Waals surface area contributed by atoms with Gasteiger partial charge in [0.05, 0.1) is 30.8 Å². The van der Waals surface area contributed by atoms with Gasteiger partial charge >= 0.3 is 5.97 Å². The highest BCUT2D eigenvalue weighted by molar-refractivity contribution is 5.78. The van der Waals surface area contributed by atoms with Gasteiger partial charge in [-0.3, -0.25) is 9.89 Å². The van der Waals surface area contributed by atoms with Crippen LogP contribution in [0.3, 0.4) is 0 Å². The van der Waals surface area contributed by atoms with Crippen LogP contribution in [-0.2, 0) is 9.53 Å². The topological polar surface area (TPSA) is 95.4 Å². The number of esters is 1. The second kappa shape index (κ2) is 5.81. The molecule has 0 spiro atoms. The predicted molar refractivity (Wildman–Crippen MR) is 68.3 cm³/mol. The number of hydrogen-bond acceptors (Lipinski definition) is 5. The van der Waals surface area contributed by atoms with E-state index in [2.05, 4.69) is 10.2 Å². The highest BCUT2D eigenvalue weighted by atomic mass is 16.5. The molecular weight excluding hydrogens is 248 g/mol. The number of rotatable bonds is 5. The molecule has 0 aliphatic heterocycles. The molecule has 0 amide bonds. The quantitative estimate of drug-likeness (QED) is 0.698. The summed E-state index contributed by atoms with van der Waals surface area (Å²) in [6, 6.07) is 5.17. The van der Waals surface area contributed by atoms with Gasteiger partial charge < -0.3 is 14.9 Å². The molecule has 1 aromatic heterocycles. The van der Waals surface area contributed by atoms with Crippen molar-refractivity contribution in [2.45, 2.75) is 25.6 Å². The van der Waals surface area contributed by atoms with Crippen LogP contribution in [0.15, 0.2) is 24.4 Å². The third-order valence-electron chi connectivity index (χ3n) is 2.85. The first-order valence-electron chi connectivity index (χ1n) is 6.06. The van der Waals surface area contributed by atoms with Crippen LogP contribution in [0.4, 0.5) is 0 Å². The standard InChI is InChI=1S/C13H16N2O4/c1-2-19-12(17)6-11(16)13(18)8-3-4-9-7-14-15-10(9)5-8/h3-5,7,11,13,16,18H,2,6H2,1H3,(H,14,15). The molecule has 0 saturated carbocycles. The predicted octanol–water partition coefficient (Wildman–Crippen LogP) is 0.910. The van der Waals surface area contributed by atoms with Crippen LogP contribution in [0.1, 0.15) is 25.0 Å². The lowest BCUT2D eigenvalue weighted by molar-refractivity contribution is -0.147. The molecule has 6 heteroatoms. The molecule has 102 valence electrons. The number of aromatic amines is 1. The van der Waals surface area contributed by atoms with E-state index in [1.165, 1.54) is 0 Å². The maximum atomic E-state index is 11.3. The van der Waals surface area contributed by atoms with Crippen molar-refractivity contribution < 1.29 is 19.7 Å². The summed E-state index contributed by atoms with van der Waals surface area (Å²) < 4.78 is 4.73. The fourth-order valence-electron chi connectivity index (χ4n) is 1.86. The van der Waals surface area contributed by atoms with Crippen molar-refractivity contribution in [3.05, 3.63) is 30.0 Å². The molecule has 1 heterocycles. The molecule has 0 aliphatic carbocycles. The lowest BCUT2D eigenvalue weighted by Crippen LogP contribution is -2.23. The Hall–Kier alpha value is -1.92. The summed E-state index contributed by atoms with van der Waals surface area (Å²) in [7, 11) is 0. The number of fused-ring (bicyclic) bond motifs is 1. The first kappa shape index (κ1) is 13.5. The van der Waals surface area contributed by atoms with Gasteiger partial charge in [-0.05, 0) is 18.6 Å². The van der Waals surface area contributed by atoms with Crippen LogP contribution in [0, 0.1) is 0 Å². The summed E-state index contributed by atoms with van der Waals surface area (Å²) >= 11 is 0. The van der Waals surface area contributed by atoms with Gasteiger partial charge in [-0.2, -0.15) is 5.10 Å². The molecule has 19 heavy (non-hydrogen) atoms. The number of ether oxygens (including phenoxy) is 1. The van der Waals surface area contributed by atoms with Crippen molar-refractivity contribution in [1.82, 2.24) is 10.2 Å². The highest BCUT2D eigenvalue weighted by Gasteiger charge is 2.22. The van der Waals surface area contributed by atoms with Gasteiger partial charge in [0.2, 0.25) is 0 Å². The van der Waals surface area contributed by atoms with E-state index in [1.807, 2.05) is 0 Å². The summed E-state index contributed by atoms with van der Waals surface area (Å²) in [5, 5.41) is 27.4. The van der Waals surface area contributed by atoms with Crippen LogP contribution < -0.4 is 0 Å². The zero-order chi connectivity index (χ0) is 13.8. The van der Waals surface area contributed by atoms with E-state index in [0.29, 0.717) is 5.56 Å². The SMILES string of the molecule is CCOC(=O)CC(O)C(O)c1ccc2cn[nH]c2c1. The molecule has 2 rings (SSSR count). The summed E-state index contributed by atoms with van der Waals surface area (Å²) in [5.41, 5.74) is 1.29. The van der Waals surface area contributed by atoms with Gasteiger partial charge in [0.25, 0.3) is 0 Å². The second-order valence-corrected chi connectivity index (χ2v) is 4.24. The Balaban J connectivity index is 2.09. The number of aromatic nitrogens is 2. The van der Waals surface area contributed by atoms with Crippen molar-refractivity contribution in [3.8, 4) is 0 Å². The Bertz CT molecular complexity index is 567. The fourth-order valence-corrected chi connectivity index (χ4v) is 1.86. The van der Waals surface area contributed by atoms with Crippen molar-refractivity contribution >= 4 is 16.9 Å². The van der Waals surface area contributed by atoms with Crippen molar-refractivity contribution in [2.24, 2.45) is 0 Å². The summed E-state index contributed by atoms with van der Waals surface area (Å²) in [6.07, 6.45) is -0.909. The summed E-state index contributed by atoms with van der Waals surface area (Å²) in [4.78, 5) is 11.3. The van der Waals surface area contributed by atoms with Crippen LogP contribution in [0.25, 0.3) is 10.9 Å². The number of aliphatic hydroxyl groups is 2. The minimum absolute atomic E-state index is 0.240. The average molecular weight is 264 g/mol. The minimum atomic E-state index is -1.19. The van der Waals surface area contributed by atoms with Crippen LogP contribution in [0.5, 0.6) is 0 Å². The van der Waals surface area contributed by atoms with E-state index in [1.54, 1.807) is 31.3 Å². The summed E-state index contributed by atoms with van der Waals surface area (Å²) in [6.45, 7) is 1.94. The Labute approximate surface area is 110 Å². The van der Waals surface area contributed by atoms with E-state index in [0.717, 1.165) is 10.9 Å². The maximum absolute atomic E-state index is 11.3. The molecule has 0 fully saturated rings. The van der Waals surface area contributed by atoms with Crippen molar-refractivity contribution in [3.63, 3.8) is 0 Å². The Morgan fingerprint density at radius 3 is 3.00 bits per heavy atom. The smallest absolute Gasteiger partial charge is 0.308 e. The van der Waals surface area contributed by atoms with Gasteiger partial charge in [-0.1, -0.05) is 12.1 Å². The van der Waals surface area contributed by atoms with Crippen molar-refractivity contribution in [2.75, 3.05) is 6.61 Å². The average Bonchev–Trinajstić information content (AvgIpc) is 2.85. The molecule has 2 unspecified atom stereocenters. The van der Waals surface area contributed by atoms with Crippen LogP contribution in [0.2, 0.25) is 0 Å². The number of H-pyrrole nitrogens is 1. The fraction of sp³-hybridized carbons (Fsp3) is 0.385. The number of hydrogen-bond donors (Lipinski definition) is 3. The lowest BCUT2D eigenvalue weighted by Gasteiger charge is -2.17. The zero-order valence-corrected chi connectivity index (χ0v) is 10.5. The largest absolute Gasteiger partial charge is 0.466 e. The van der Waals surface area contributed by atoms with Gasteiger partial charge in [-0.25, -0.2) is 0 Å². The molecule has 3 N–H and O–H groups in total. The molecule has 0 saturated heterocycles. The Kier molecular flexibility index (Phi) is 4.13. The molecule has 0 aliphatic rings. The van der Waals surface area contributed by atoms with Crippen molar-refractivity contribution in [1.29, 1.82) is 0 Å². The highest BCUT2D eigenvalue weighted by Crippen LogP contribution is 2.22. The molecule has 2 aromatic rings. The molecular formula is C13H16N2O4. The third kappa shape index (κ3) is 3.10. The zero-order valence-electron chi connectivity index (χ0n) is 10.5. The number of nitrogens with one attached hydrogen (secondary N) is 1. The molecule has 0 bridgehead atoms. The van der Waals surface area contributed by atoms with E-state index < -0.39 is 18.2 Å². The van der Waals surface area contributed by atoms with Gasteiger partial charge in [-0.15, -0.1) is 0 Å². The number of benzene rings is 1. The van der Waals surface area contributed by atoms with E-state index in [4.69, 9.17) is 4.74 Å². The first-order valence-corrected chi connectivity index (χ1v) is 6.06. The number of carbonyl (C=O) groups excluding carboxylic acids is 1. The van der Waals surface area contributed by atoms with E-state index in [9.17, 15) is 15.0 Å². The normalized spacial score (nSPS) is 14.3. The van der Waals surface area contributed by atoms with Gasteiger partial charge in [0.15, 0.2) is 0 Å². The van der Waals surface area contributed by atoms with Crippen LogP contribution in [-0.4, -0.2) is 39.1 Å². The third-order valence-corrected chi connectivity index (χ3v) is 2.85. The monoisotopic (exact) mass is 264 g/mol. The minimum Gasteiger partial charge on any atom is -0.466 e.